The normalized spacial score (nSPS) is 10.9. The Kier molecular flexibility index (Phi) is 6.59. The average molecular weight is 419 g/mol. The first-order chi connectivity index (χ1) is 13.5. The molecule has 148 valence electrons. The maximum atomic E-state index is 6.45. The van der Waals surface area contributed by atoms with Crippen molar-refractivity contribution in [3.8, 4) is 22.9 Å². The maximum Gasteiger partial charge on any atom is 0.214 e. The van der Waals surface area contributed by atoms with Gasteiger partial charge in [-0.05, 0) is 50.7 Å². The number of H-pyrrole nitrogens is 1. The summed E-state index contributed by atoms with van der Waals surface area (Å²) in [5, 5.41) is 7.66. The lowest BCUT2D eigenvalue weighted by molar-refractivity contribution is 0.224. The van der Waals surface area contributed by atoms with Gasteiger partial charge in [0.25, 0.3) is 0 Å². The van der Waals surface area contributed by atoms with Crippen molar-refractivity contribution in [3.05, 3.63) is 57.8 Å². The first kappa shape index (κ1) is 20.2. The van der Waals surface area contributed by atoms with Crippen molar-refractivity contribution in [3.63, 3.8) is 0 Å². The number of halogens is 1. The Bertz CT molecular complexity index is 986. The second kappa shape index (κ2) is 9.12. The van der Waals surface area contributed by atoms with E-state index in [1.807, 2.05) is 63.2 Å². The molecule has 2 aromatic carbocycles. The summed E-state index contributed by atoms with van der Waals surface area (Å²) in [6.45, 7) is 6.83. The van der Waals surface area contributed by atoms with E-state index >= 15 is 0 Å². The highest BCUT2D eigenvalue weighted by Gasteiger charge is 2.15. The smallest absolute Gasteiger partial charge is 0.214 e. The van der Waals surface area contributed by atoms with Crippen molar-refractivity contribution in [1.82, 2.24) is 14.9 Å². The van der Waals surface area contributed by atoms with Gasteiger partial charge in [0.2, 0.25) is 4.77 Å². The molecule has 0 amide bonds. The Morgan fingerprint density at radius 1 is 1.25 bits per heavy atom. The van der Waals surface area contributed by atoms with Crippen LogP contribution in [0, 0.1) is 4.77 Å². The standard InChI is InChI=1S/C20H23ClN4O2S/c1-4-26-17-11-14(10-16(21)18(17)27-13(2)3)12-22-25-19(23-24-20(25)28)15-8-6-5-7-9-15/h5-11,13,22H,4,12H2,1-3H3,(H,24,28). The molecule has 0 spiro atoms. The van der Waals surface area contributed by atoms with Crippen LogP contribution in [0.1, 0.15) is 26.3 Å². The largest absolute Gasteiger partial charge is 0.490 e. The molecular weight excluding hydrogens is 396 g/mol. The number of ether oxygens (including phenoxy) is 2. The molecule has 1 heterocycles. The zero-order valence-electron chi connectivity index (χ0n) is 16.0. The van der Waals surface area contributed by atoms with E-state index in [0.29, 0.717) is 40.3 Å². The van der Waals surface area contributed by atoms with Crippen LogP contribution in [-0.4, -0.2) is 27.6 Å². The van der Waals surface area contributed by atoms with Gasteiger partial charge in [-0.15, -0.1) is 0 Å². The van der Waals surface area contributed by atoms with Gasteiger partial charge in [0.1, 0.15) is 0 Å². The molecule has 0 aliphatic rings. The summed E-state index contributed by atoms with van der Waals surface area (Å²) >= 11 is 11.8. The fourth-order valence-electron chi connectivity index (χ4n) is 2.73. The molecule has 8 heteroatoms. The van der Waals surface area contributed by atoms with E-state index in [9.17, 15) is 0 Å². The SMILES string of the molecule is CCOc1cc(CNn2c(-c3ccccc3)n[nH]c2=S)cc(Cl)c1OC(C)C. The number of hydrogen-bond donors (Lipinski definition) is 2. The minimum Gasteiger partial charge on any atom is -0.490 e. The summed E-state index contributed by atoms with van der Waals surface area (Å²) in [6.07, 6.45) is -0.00151. The van der Waals surface area contributed by atoms with Gasteiger partial charge in [-0.1, -0.05) is 41.9 Å². The van der Waals surface area contributed by atoms with E-state index in [1.165, 1.54) is 0 Å². The van der Waals surface area contributed by atoms with Crippen molar-refractivity contribution in [2.45, 2.75) is 33.4 Å². The van der Waals surface area contributed by atoms with E-state index in [1.54, 1.807) is 4.68 Å². The van der Waals surface area contributed by atoms with Gasteiger partial charge >= 0.3 is 0 Å². The zero-order valence-corrected chi connectivity index (χ0v) is 17.6. The summed E-state index contributed by atoms with van der Waals surface area (Å²) in [5.41, 5.74) is 5.19. The molecule has 2 N–H and O–H groups in total. The van der Waals surface area contributed by atoms with Crippen LogP contribution in [0.2, 0.25) is 5.02 Å². The number of rotatable bonds is 8. The van der Waals surface area contributed by atoms with Gasteiger partial charge in [0.05, 0.1) is 24.3 Å². The van der Waals surface area contributed by atoms with Crippen LogP contribution in [0.15, 0.2) is 42.5 Å². The van der Waals surface area contributed by atoms with Gasteiger partial charge in [0.15, 0.2) is 17.3 Å². The highest BCUT2D eigenvalue weighted by molar-refractivity contribution is 7.71. The Hall–Kier alpha value is -2.51. The Balaban J connectivity index is 1.86. The molecule has 6 nitrogen and oxygen atoms in total. The van der Waals surface area contributed by atoms with Crippen molar-refractivity contribution >= 4 is 23.8 Å². The van der Waals surface area contributed by atoms with Crippen molar-refractivity contribution < 1.29 is 9.47 Å². The molecule has 3 aromatic rings. The van der Waals surface area contributed by atoms with Gasteiger partial charge in [-0.3, -0.25) is 0 Å². The molecule has 0 saturated heterocycles. The number of benzene rings is 2. The van der Waals surface area contributed by atoms with Crippen molar-refractivity contribution in [2.24, 2.45) is 0 Å². The highest BCUT2D eigenvalue weighted by Crippen LogP contribution is 2.37. The lowest BCUT2D eigenvalue weighted by Gasteiger charge is -2.18. The van der Waals surface area contributed by atoms with E-state index in [4.69, 9.17) is 33.3 Å². The van der Waals surface area contributed by atoms with Crippen LogP contribution < -0.4 is 14.9 Å². The fraction of sp³-hybridized carbons (Fsp3) is 0.300. The summed E-state index contributed by atoms with van der Waals surface area (Å²) in [7, 11) is 0. The third kappa shape index (κ3) is 4.66. The molecule has 0 fully saturated rings. The third-order valence-electron chi connectivity index (χ3n) is 3.87. The second-order valence-corrected chi connectivity index (χ2v) is 7.19. The molecule has 28 heavy (non-hydrogen) atoms. The Morgan fingerprint density at radius 3 is 2.68 bits per heavy atom. The van der Waals surface area contributed by atoms with E-state index < -0.39 is 0 Å². The quantitative estimate of drug-likeness (QED) is 0.493. The van der Waals surface area contributed by atoms with Gasteiger partial charge in [-0.25, -0.2) is 9.77 Å². The molecule has 0 aliphatic carbocycles. The van der Waals surface area contributed by atoms with Crippen LogP contribution in [-0.2, 0) is 6.54 Å². The van der Waals surface area contributed by atoms with Crippen LogP contribution in [0.4, 0.5) is 0 Å². The van der Waals surface area contributed by atoms with Crippen LogP contribution >= 0.6 is 23.8 Å². The van der Waals surface area contributed by atoms with E-state index in [2.05, 4.69) is 15.6 Å². The number of aromatic nitrogens is 3. The molecule has 0 radical (unpaired) electrons. The predicted octanol–water partition coefficient (Wildman–Crippen LogP) is 5.19. The topological polar surface area (TPSA) is 64.1 Å². The predicted molar refractivity (Wildman–Crippen MR) is 114 cm³/mol. The summed E-state index contributed by atoms with van der Waals surface area (Å²) in [4.78, 5) is 0. The van der Waals surface area contributed by atoms with Gasteiger partial charge < -0.3 is 14.9 Å². The van der Waals surface area contributed by atoms with Crippen LogP contribution in [0.3, 0.4) is 0 Å². The monoisotopic (exact) mass is 418 g/mol. The summed E-state index contributed by atoms with van der Waals surface area (Å²) in [6, 6.07) is 13.6. The minimum atomic E-state index is -0.00151. The minimum absolute atomic E-state index is 0.00151. The molecular formula is C20H23ClN4O2S. The third-order valence-corrected chi connectivity index (χ3v) is 4.42. The molecule has 1 aromatic heterocycles. The first-order valence-corrected chi connectivity index (χ1v) is 9.86. The van der Waals surface area contributed by atoms with Crippen LogP contribution in [0.5, 0.6) is 11.5 Å². The zero-order chi connectivity index (χ0) is 20.1. The molecule has 3 rings (SSSR count). The second-order valence-electron chi connectivity index (χ2n) is 6.39. The van der Waals surface area contributed by atoms with E-state index in [-0.39, 0.29) is 6.10 Å². The molecule has 0 atom stereocenters. The number of hydrogen-bond acceptors (Lipinski definition) is 5. The maximum absolute atomic E-state index is 6.45. The van der Waals surface area contributed by atoms with Crippen molar-refractivity contribution in [1.29, 1.82) is 0 Å². The molecule has 0 unspecified atom stereocenters. The lowest BCUT2D eigenvalue weighted by atomic mass is 10.2. The number of nitrogens with one attached hydrogen (secondary N) is 2. The average Bonchev–Trinajstić information content (AvgIpc) is 3.04. The van der Waals surface area contributed by atoms with Crippen molar-refractivity contribution in [2.75, 3.05) is 12.0 Å². The highest BCUT2D eigenvalue weighted by atomic mass is 35.5. The summed E-state index contributed by atoms with van der Waals surface area (Å²) in [5.74, 6) is 1.90. The Labute approximate surface area is 174 Å². The number of nitrogens with zero attached hydrogens (tertiary/aromatic N) is 2. The van der Waals surface area contributed by atoms with E-state index in [0.717, 1.165) is 11.1 Å². The fourth-order valence-corrected chi connectivity index (χ4v) is 3.21. The lowest BCUT2D eigenvalue weighted by Crippen LogP contribution is -2.16. The Morgan fingerprint density at radius 2 is 2.00 bits per heavy atom. The summed E-state index contributed by atoms with van der Waals surface area (Å²) < 4.78 is 13.8. The first-order valence-electron chi connectivity index (χ1n) is 9.08. The molecule has 0 bridgehead atoms. The van der Waals surface area contributed by atoms with Crippen LogP contribution in [0.25, 0.3) is 11.4 Å². The molecule has 0 aliphatic heterocycles. The number of aromatic amines is 1. The van der Waals surface area contributed by atoms with Gasteiger partial charge in [-0.2, -0.15) is 5.10 Å². The van der Waals surface area contributed by atoms with Gasteiger partial charge in [0, 0.05) is 5.56 Å². The molecule has 0 saturated carbocycles.